The van der Waals surface area contributed by atoms with Crippen LogP contribution in [0.1, 0.15) is 12.5 Å². The monoisotopic (exact) mass is 375 g/mol. The highest BCUT2D eigenvalue weighted by atomic mass is 32.2. The number of nitrogens with zero attached hydrogens (tertiary/aromatic N) is 1. The molecule has 0 spiro atoms. The Morgan fingerprint density at radius 1 is 1.12 bits per heavy atom. The molecule has 0 aromatic heterocycles. The molecule has 0 fully saturated rings. The summed E-state index contributed by atoms with van der Waals surface area (Å²) in [6.45, 7) is 5.48. The van der Waals surface area contributed by atoms with Crippen LogP contribution in [0, 0.1) is 12.7 Å². The number of aryl methyl sites for hydroxylation is 1. The second kappa shape index (κ2) is 11.1. The third-order valence-corrected chi connectivity index (χ3v) is 4.89. The van der Waals surface area contributed by atoms with E-state index in [0.717, 1.165) is 28.0 Å². The van der Waals surface area contributed by atoms with Crippen molar-refractivity contribution in [2.24, 2.45) is 4.99 Å². The zero-order valence-corrected chi connectivity index (χ0v) is 16.1. The molecule has 2 rings (SSSR count). The smallest absolute Gasteiger partial charge is 0.123 e. The van der Waals surface area contributed by atoms with Gasteiger partial charge in [-0.25, -0.2) is 9.38 Å². The zero-order chi connectivity index (χ0) is 17.9. The van der Waals surface area contributed by atoms with E-state index in [1.54, 1.807) is 35.7 Å². The predicted octanol–water partition coefficient (Wildman–Crippen LogP) is 6.24. The van der Waals surface area contributed by atoms with Gasteiger partial charge in [-0.2, -0.15) is 0 Å². The first-order chi connectivity index (χ1) is 12.2. The highest BCUT2D eigenvalue weighted by Crippen LogP contribution is 2.22. The van der Waals surface area contributed by atoms with E-state index in [1.807, 2.05) is 30.5 Å². The fourth-order valence-electron chi connectivity index (χ4n) is 1.90. The van der Waals surface area contributed by atoms with E-state index in [0.29, 0.717) is 6.61 Å². The van der Waals surface area contributed by atoms with Crippen LogP contribution < -0.4 is 0 Å². The molecule has 0 unspecified atom stereocenters. The molecular weight excluding hydrogens is 353 g/mol. The number of hydrogen-bond acceptors (Lipinski definition) is 4. The molecule has 2 nitrogen and oxygen atoms in total. The molecule has 0 saturated heterocycles. The third-order valence-electron chi connectivity index (χ3n) is 3.18. The molecule has 0 atom stereocenters. The van der Waals surface area contributed by atoms with E-state index < -0.39 is 0 Å². The zero-order valence-electron chi connectivity index (χ0n) is 14.4. The summed E-state index contributed by atoms with van der Waals surface area (Å²) >= 11 is 3.20. The molecule has 0 radical (unpaired) electrons. The van der Waals surface area contributed by atoms with Crippen LogP contribution in [-0.2, 0) is 4.74 Å². The summed E-state index contributed by atoms with van der Waals surface area (Å²) in [6.07, 6.45) is 1.99. The number of ether oxygens (including phenoxy) is 1. The fourth-order valence-corrected chi connectivity index (χ4v) is 3.38. The first-order valence-electron chi connectivity index (χ1n) is 8.12. The first kappa shape index (κ1) is 19.8. The Bertz CT molecular complexity index is 697. The average molecular weight is 376 g/mol. The summed E-state index contributed by atoms with van der Waals surface area (Å²) in [6, 6.07) is 14.6. The van der Waals surface area contributed by atoms with Crippen molar-refractivity contribution in [1.29, 1.82) is 0 Å². The van der Waals surface area contributed by atoms with Crippen molar-refractivity contribution in [3.8, 4) is 0 Å². The van der Waals surface area contributed by atoms with E-state index in [9.17, 15) is 4.39 Å². The van der Waals surface area contributed by atoms with Crippen molar-refractivity contribution in [3.63, 3.8) is 0 Å². The molecule has 0 amide bonds. The Balaban J connectivity index is 2.03. The molecule has 0 aliphatic carbocycles. The van der Waals surface area contributed by atoms with Gasteiger partial charge >= 0.3 is 0 Å². The second-order valence-corrected chi connectivity index (χ2v) is 7.30. The summed E-state index contributed by atoms with van der Waals surface area (Å²) in [5.74, 6) is 0.630. The average Bonchev–Trinajstić information content (AvgIpc) is 2.62. The summed E-state index contributed by atoms with van der Waals surface area (Å²) in [5.41, 5.74) is 2.15. The summed E-state index contributed by atoms with van der Waals surface area (Å²) in [4.78, 5) is 5.70. The third kappa shape index (κ3) is 7.90. The number of hydrogen-bond donors (Lipinski definition) is 0. The number of halogens is 1. The van der Waals surface area contributed by atoms with Crippen LogP contribution >= 0.6 is 23.5 Å². The van der Waals surface area contributed by atoms with Crippen LogP contribution in [0.3, 0.4) is 0 Å². The van der Waals surface area contributed by atoms with Crippen LogP contribution in [0.4, 0.5) is 10.1 Å². The van der Waals surface area contributed by atoms with Gasteiger partial charge in [0, 0.05) is 17.3 Å². The summed E-state index contributed by atoms with van der Waals surface area (Å²) in [5, 5.41) is 2.91. The van der Waals surface area contributed by atoms with Crippen LogP contribution in [0.5, 0.6) is 0 Å². The topological polar surface area (TPSA) is 21.6 Å². The maximum Gasteiger partial charge on any atom is 0.123 e. The Morgan fingerprint density at radius 2 is 1.84 bits per heavy atom. The van der Waals surface area contributed by atoms with Crippen molar-refractivity contribution < 1.29 is 9.13 Å². The molecule has 0 N–H and O–H groups in total. The molecule has 2 aromatic carbocycles. The molecule has 5 heteroatoms. The second-order valence-electron chi connectivity index (χ2n) is 5.21. The lowest BCUT2D eigenvalue weighted by molar-refractivity contribution is 0.164. The van der Waals surface area contributed by atoms with E-state index in [1.165, 1.54) is 17.7 Å². The van der Waals surface area contributed by atoms with E-state index in [2.05, 4.69) is 19.1 Å². The highest BCUT2D eigenvalue weighted by Gasteiger charge is 1.99. The minimum absolute atomic E-state index is 0.221. The normalized spacial score (nSPS) is 12.0. The number of benzene rings is 2. The van der Waals surface area contributed by atoms with Gasteiger partial charge < -0.3 is 4.74 Å². The van der Waals surface area contributed by atoms with E-state index >= 15 is 0 Å². The molecule has 0 bridgehead atoms. The standard InChI is InChI=1S/C20H22FNOS2/c1-3-23-13-15-25-20(22-18-8-4-16(2)5-9-18)12-14-24-19-10-6-17(21)7-11-19/h4-12,14H,3,13,15H2,1-2H3. The van der Waals surface area contributed by atoms with Crippen LogP contribution in [0.15, 0.2) is 69.9 Å². The van der Waals surface area contributed by atoms with Gasteiger partial charge in [0.05, 0.1) is 17.3 Å². The molecule has 25 heavy (non-hydrogen) atoms. The lowest BCUT2D eigenvalue weighted by Crippen LogP contribution is -1.98. The Kier molecular flexibility index (Phi) is 8.80. The van der Waals surface area contributed by atoms with E-state index in [-0.39, 0.29) is 5.82 Å². The van der Waals surface area contributed by atoms with Crippen LogP contribution in [0.25, 0.3) is 0 Å². The fraction of sp³-hybridized carbons (Fsp3) is 0.250. The number of rotatable bonds is 8. The van der Waals surface area contributed by atoms with Gasteiger partial charge in [-0.05, 0) is 61.7 Å². The molecule has 2 aromatic rings. The minimum atomic E-state index is -0.221. The molecule has 0 heterocycles. The first-order valence-corrected chi connectivity index (χ1v) is 9.98. The maximum atomic E-state index is 12.9. The van der Waals surface area contributed by atoms with Gasteiger partial charge in [-0.15, -0.1) is 11.8 Å². The van der Waals surface area contributed by atoms with E-state index in [4.69, 9.17) is 9.73 Å². The lowest BCUT2D eigenvalue weighted by atomic mass is 10.2. The van der Waals surface area contributed by atoms with Gasteiger partial charge in [0.25, 0.3) is 0 Å². The molecule has 132 valence electrons. The highest BCUT2D eigenvalue weighted by molar-refractivity contribution is 8.14. The molecular formula is C20H22FNOS2. The van der Waals surface area contributed by atoms with Crippen molar-refractivity contribution in [3.05, 3.63) is 71.4 Å². The van der Waals surface area contributed by atoms with Gasteiger partial charge in [0.1, 0.15) is 5.82 Å². The molecule has 0 aliphatic rings. The van der Waals surface area contributed by atoms with Crippen molar-refractivity contribution in [1.82, 2.24) is 0 Å². The number of aliphatic imine (C=N–C) groups is 1. The maximum absolute atomic E-state index is 12.9. The summed E-state index contributed by atoms with van der Waals surface area (Å²) in [7, 11) is 0. The SMILES string of the molecule is CCOCCSC(C=CSc1ccc(F)cc1)=Nc1ccc(C)cc1. The van der Waals surface area contributed by atoms with Crippen molar-refractivity contribution >= 4 is 34.3 Å². The quantitative estimate of drug-likeness (QED) is 0.236. The summed E-state index contributed by atoms with van der Waals surface area (Å²) < 4.78 is 18.3. The van der Waals surface area contributed by atoms with Crippen molar-refractivity contribution in [2.45, 2.75) is 18.7 Å². The van der Waals surface area contributed by atoms with Crippen LogP contribution in [-0.4, -0.2) is 24.0 Å². The predicted molar refractivity (Wildman–Crippen MR) is 109 cm³/mol. The van der Waals surface area contributed by atoms with Gasteiger partial charge in [0.2, 0.25) is 0 Å². The van der Waals surface area contributed by atoms with Crippen molar-refractivity contribution in [2.75, 3.05) is 19.0 Å². The van der Waals surface area contributed by atoms with Gasteiger partial charge in [-0.3, -0.25) is 0 Å². The Labute approximate surface area is 157 Å². The molecule has 0 saturated carbocycles. The van der Waals surface area contributed by atoms with Gasteiger partial charge in [0.15, 0.2) is 0 Å². The minimum Gasteiger partial charge on any atom is -0.381 e. The Morgan fingerprint density at radius 3 is 2.52 bits per heavy atom. The van der Waals surface area contributed by atoms with Crippen LogP contribution in [0.2, 0.25) is 0 Å². The van der Waals surface area contributed by atoms with Gasteiger partial charge in [-0.1, -0.05) is 29.5 Å². The Hall–Kier alpha value is -1.56. The lowest BCUT2D eigenvalue weighted by Gasteiger charge is -2.03. The number of thioether (sulfide) groups is 2. The largest absolute Gasteiger partial charge is 0.381 e. The molecule has 0 aliphatic heterocycles.